The Balaban J connectivity index is 3.37. The molecule has 0 rings (SSSR count). The first-order valence-electron chi connectivity index (χ1n) is 3.41. The molecule has 54 valence electrons. The van der Waals surface area contributed by atoms with Gasteiger partial charge >= 0.3 is 0 Å². The minimum atomic E-state index is 0.680. The monoisotopic (exact) mass is 130 g/mol. The summed E-state index contributed by atoms with van der Waals surface area (Å²) in [6.45, 7) is 4.32. The molecule has 0 bridgehead atoms. The van der Waals surface area contributed by atoms with Gasteiger partial charge in [0.1, 0.15) is 0 Å². The largest absolute Gasteiger partial charge is 0.291 e. The molecule has 1 atom stereocenters. The Morgan fingerprint density at radius 3 is 2.56 bits per heavy atom. The SMILES string of the molecule is CC[C@@H](C)C/C=[N+](/C)O. The molecule has 0 aromatic carbocycles. The van der Waals surface area contributed by atoms with E-state index < -0.39 is 0 Å². The number of hydroxylamine groups is 1. The molecular weight excluding hydrogens is 114 g/mol. The molecule has 2 heteroatoms. The van der Waals surface area contributed by atoms with Gasteiger partial charge in [0.2, 0.25) is 0 Å². The van der Waals surface area contributed by atoms with E-state index >= 15 is 0 Å². The van der Waals surface area contributed by atoms with E-state index in [-0.39, 0.29) is 0 Å². The highest BCUT2D eigenvalue weighted by Crippen LogP contribution is 2.02. The molecule has 1 N–H and O–H groups in total. The zero-order valence-corrected chi connectivity index (χ0v) is 6.46. The van der Waals surface area contributed by atoms with Crippen molar-refractivity contribution in [1.29, 1.82) is 0 Å². The van der Waals surface area contributed by atoms with Crippen LogP contribution in [0, 0.1) is 5.92 Å². The van der Waals surface area contributed by atoms with Crippen LogP contribution >= 0.6 is 0 Å². The van der Waals surface area contributed by atoms with Crippen molar-refractivity contribution < 1.29 is 9.95 Å². The first-order valence-corrected chi connectivity index (χ1v) is 3.41. The van der Waals surface area contributed by atoms with Crippen molar-refractivity contribution in [2.24, 2.45) is 5.92 Å². The van der Waals surface area contributed by atoms with Crippen LogP contribution in [0.2, 0.25) is 0 Å². The Bertz CT molecular complexity index is 95.1. The summed E-state index contributed by atoms with van der Waals surface area (Å²) in [4.78, 5) is 0. The molecule has 0 aromatic heterocycles. The summed E-state index contributed by atoms with van der Waals surface area (Å²) in [5.41, 5.74) is 0. The highest BCUT2D eigenvalue weighted by molar-refractivity contribution is 5.50. The van der Waals surface area contributed by atoms with E-state index in [1.807, 2.05) is 0 Å². The Hall–Kier alpha value is -0.530. The Kier molecular flexibility index (Phi) is 4.10. The normalized spacial score (nSPS) is 15.7. The lowest BCUT2D eigenvalue weighted by atomic mass is 10.1. The molecule has 0 unspecified atom stereocenters. The molecule has 0 radical (unpaired) electrons. The van der Waals surface area contributed by atoms with Crippen molar-refractivity contribution in [3.63, 3.8) is 0 Å². The summed E-state index contributed by atoms with van der Waals surface area (Å²) < 4.78 is 1.12. The smallest absolute Gasteiger partial charge is 0.192 e. The van der Waals surface area contributed by atoms with Gasteiger partial charge in [0, 0.05) is 6.42 Å². The van der Waals surface area contributed by atoms with Gasteiger partial charge < -0.3 is 0 Å². The van der Waals surface area contributed by atoms with Crippen LogP contribution in [0.25, 0.3) is 0 Å². The van der Waals surface area contributed by atoms with E-state index in [1.54, 1.807) is 13.3 Å². The third-order valence-electron chi connectivity index (χ3n) is 1.47. The second kappa shape index (κ2) is 4.36. The third kappa shape index (κ3) is 5.34. The lowest BCUT2D eigenvalue weighted by Crippen LogP contribution is -2.03. The molecule has 0 aliphatic rings. The second-order valence-electron chi connectivity index (χ2n) is 2.51. The van der Waals surface area contributed by atoms with Crippen molar-refractivity contribution in [2.75, 3.05) is 7.05 Å². The molecule has 0 amide bonds. The van der Waals surface area contributed by atoms with Crippen LogP contribution in [0.15, 0.2) is 0 Å². The van der Waals surface area contributed by atoms with Gasteiger partial charge in [-0.05, 0) is 10.7 Å². The van der Waals surface area contributed by atoms with Crippen LogP contribution in [-0.2, 0) is 0 Å². The van der Waals surface area contributed by atoms with Gasteiger partial charge in [0.15, 0.2) is 13.3 Å². The molecular formula is C7H16NO+. The lowest BCUT2D eigenvalue weighted by molar-refractivity contribution is -0.752. The topological polar surface area (TPSA) is 23.2 Å². The molecule has 0 aromatic rings. The summed E-state index contributed by atoms with van der Waals surface area (Å²) in [6, 6.07) is 0. The Labute approximate surface area is 56.8 Å². The minimum Gasteiger partial charge on any atom is -0.291 e. The maximum Gasteiger partial charge on any atom is 0.192 e. The van der Waals surface area contributed by atoms with Crippen LogP contribution in [0.3, 0.4) is 0 Å². The maximum atomic E-state index is 8.67. The summed E-state index contributed by atoms with van der Waals surface area (Å²) in [6.07, 6.45) is 3.92. The molecule has 0 fully saturated rings. The van der Waals surface area contributed by atoms with Crippen molar-refractivity contribution in [3.8, 4) is 0 Å². The zero-order chi connectivity index (χ0) is 7.28. The van der Waals surface area contributed by atoms with Crippen LogP contribution in [0.4, 0.5) is 0 Å². The molecule has 2 nitrogen and oxygen atoms in total. The molecule has 0 spiro atoms. The predicted molar refractivity (Wildman–Crippen MR) is 38.1 cm³/mol. The van der Waals surface area contributed by atoms with Crippen molar-refractivity contribution >= 4 is 6.21 Å². The summed E-state index contributed by atoms with van der Waals surface area (Å²) in [7, 11) is 1.63. The van der Waals surface area contributed by atoms with Gasteiger partial charge in [-0.1, -0.05) is 20.3 Å². The van der Waals surface area contributed by atoms with Gasteiger partial charge in [-0.25, -0.2) is 0 Å². The first kappa shape index (κ1) is 8.47. The highest BCUT2D eigenvalue weighted by atomic mass is 16.5. The third-order valence-corrected chi connectivity index (χ3v) is 1.47. The van der Waals surface area contributed by atoms with Crippen LogP contribution in [-0.4, -0.2) is 23.2 Å². The predicted octanol–water partition coefficient (Wildman–Crippen LogP) is 1.52. The molecule has 9 heavy (non-hydrogen) atoms. The fraction of sp³-hybridized carbons (Fsp3) is 0.857. The molecule has 0 saturated heterocycles. The van der Waals surface area contributed by atoms with Crippen molar-refractivity contribution in [1.82, 2.24) is 0 Å². The van der Waals surface area contributed by atoms with E-state index in [2.05, 4.69) is 13.8 Å². The fourth-order valence-electron chi connectivity index (χ4n) is 0.499. The molecule has 0 aliphatic carbocycles. The Morgan fingerprint density at radius 1 is 1.67 bits per heavy atom. The average Bonchev–Trinajstić information content (AvgIpc) is 1.83. The van der Waals surface area contributed by atoms with Gasteiger partial charge in [0.05, 0.1) is 0 Å². The quantitative estimate of drug-likeness (QED) is 0.266. The number of nitrogens with zero attached hydrogens (tertiary/aromatic N) is 1. The van der Waals surface area contributed by atoms with E-state index in [0.717, 1.165) is 11.2 Å². The maximum absolute atomic E-state index is 8.67. The Morgan fingerprint density at radius 2 is 2.22 bits per heavy atom. The van der Waals surface area contributed by atoms with Crippen LogP contribution < -0.4 is 0 Å². The molecule has 0 aliphatic heterocycles. The van der Waals surface area contributed by atoms with Crippen molar-refractivity contribution in [3.05, 3.63) is 0 Å². The van der Waals surface area contributed by atoms with E-state index in [4.69, 9.17) is 5.21 Å². The second-order valence-corrected chi connectivity index (χ2v) is 2.51. The summed E-state index contributed by atoms with van der Waals surface area (Å²) in [5, 5.41) is 8.67. The first-order chi connectivity index (χ1) is 4.16. The fourth-order valence-corrected chi connectivity index (χ4v) is 0.499. The number of rotatable bonds is 3. The van der Waals surface area contributed by atoms with E-state index in [1.165, 1.54) is 6.42 Å². The standard InChI is InChI=1S/C7H16NO/c1-4-7(2)5-6-8(3)9/h6-7,9H,4-5H2,1-3H3/q+1/b8-6-/t7-/m1/s1. The minimum absolute atomic E-state index is 0.680. The zero-order valence-electron chi connectivity index (χ0n) is 6.46. The number of hydrogen-bond donors (Lipinski definition) is 1. The number of hydrogen-bond acceptors (Lipinski definition) is 1. The molecule has 0 heterocycles. The highest BCUT2D eigenvalue weighted by Gasteiger charge is 1.98. The van der Waals surface area contributed by atoms with Crippen LogP contribution in [0.5, 0.6) is 0 Å². The van der Waals surface area contributed by atoms with Crippen molar-refractivity contribution in [2.45, 2.75) is 26.7 Å². The van der Waals surface area contributed by atoms with Gasteiger partial charge in [-0.2, -0.15) is 0 Å². The van der Waals surface area contributed by atoms with E-state index in [9.17, 15) is 0 Å². The molecule has 0 saturated carbocycles. The van der Waals surface area contributed by atoms with Gasteiger partial charge in [0.25, 0.3) is 0 Å². The van der Waals surface area contributed by atoms with Crippen LogP contribution in [0.1, 0.15) is 26.7 Å². The van der Waals surface area contributed by atoms with Gasteiger partial charge in [-0.3, -0.25) is 5.21 Å². The summed E-state index contributed by atoms with van der Waals surface area (Å²) >= 11 is 0. The average molecular weight is 130 g/mol. The lowest BCUT2D eigenvalue weighted by Gasteiger charge is -1.98. The van der Waals surface area contributed by atoms with Gasteiger partial charge in [-0.15, -0.1) is 0 Å². The van der Waals surface area contributed by atoms with E-state index in [0.29, 0.717) is 5.92 Å². The summed E-state index contributed by atoms with van der Waals surface area (Å²) in [5.74, 6) is 0.680.